The third kappa shape index (κ3) is 6.32. The van der Waals surface area contributed by atoms with Crippen LogP contribution < -0.4 is 15.6 Å². The van der Waals surface area contributed by atoms with E-state index in [-0.39, 0.29) is 18.0 Å². The van der Waals surface area contributed by atoms with E-state index in [1.54, 1.807) is 11.6 Å². The molecule has 2 aromatic carbocycles. The van der Waals surface area contributed by atoms with Gasteiger partial charge in [-0.1, -0.05) is 18.2 Å². The molecule has 1 saturated heterocycles. The number of benzene rings is 2. The van der Waals surface area contributed by atoms with Gasteiger partial charge in [-0.05, 0) is 48.7 Å². The molecule has 1 fully saturated rings. The number of anilines is 3. The topological polar surface area (TPSA) is 69.6 Å². The third-order valence-corrected chi connectivity index (χ3v) is 5.91. The SMILES string of the molecule is O=C(Cc1csc(Nc2cccc(C(F)(F)F)c2)n1)N/N=C\c1ccc(N2CCCC2)cc1. The van der Waals surface area contributed by atoms with Gasteiger partial charge in [0.25, 0.3) is 0 Å². The lowest BCUT2D eigenvalue weighted by Gasteiger charge is -2.17. The largest absolute Gasteiger partial charge is 0.416 e. The van der Waals surface area contributed by atoms with Crippen molar-refractivity contribution in [1.82, 2.24) is 10.4 Å². The van der Waals surface area contributed by atoms with E-state index in [1.807, 2.05) is 24.3 Å². The van der Waals surface area contributed by atoms with Crippen molar-refractivity contribution >= 4 is 40.0 Å². The monoisotopic (exact) mass is 473 g/mol. The van der Waals surface area contributed by atoms with E-state index in [9.17, 15) is 18.0 Å². The maximum absolute atomic E-state index is 12.8. The zero-order valence-corrected chi connectivity index (χ0v) is 18.4. The van der Waals surface area contributed by atoms with E-state index in [4.69, 9.17) is 0 Å². The number of thiazole rings is 1. The first-order valence-electron chi connectivity index (χ1n) is 10.4. The van der Waals surface area contributed by atoms with E-state index < -0.39 is 11.7 Å². The Bertz CT molecular complexity index is 1120. The van der Waals surface area contributed by atoms with Gasteiger partial charge in [0.15, 0.2) is 5.13 Å². The van der Waals surface area contributed by atoms with Crippen molar-refractivity contribution < 1.29 is 18.0 Å². The molecular formula is C23H22F3N5OS. The van der Waals surface area contributed by atoms with Crippen molar-refractivity contribution in [3.05, 3.63) is 70.7 Å². The Balaban J connectivity index is 1.27. The van der Waals surface area contributed by atoms with Crippen molar-refractivity contribution in [3.8, 4) is 0 Å². The molecule has 0 atom stereocenters. The van der Waals surface area contributed by atoms with Gasteiger partial charge in [-0.15, -0.1) is 11.3 Å². The van der Waals surface area contributed by atoms with Crippen LogP contribution in [0.15, 0.2) is 59.0 Å². The molecule has 1 aliphatic rings. The van der Waals surface area contributed by atoms with Gasteiger partial charge in [-0.2, -0.15) is 18.3 Å². The fourth-order valence-corrected chi connectivity index (χ4v) is 4.20. The average Bonchev–Trinajstić information content (AvgIpc) is 3.46. The molecule has 3 aromatic rings. The van der Waals surface area contributed by atoms with Crippen molar-refractivity contribution in [2.75, 3.05) is 23.3 Å². The van der Waals surface area contributed by atoms with Crippen LogP contribution in [0.4, 0.5) is 29.7 Å². The van der Waals surface area contributed by atoms with E-state index in [0.717, 1.165) is 30.8 Å². The van der Waals surface area contributed by atoms with Crippen LogP contribution in [0.1, 0.15) is 29.7 Å². The standard InChI is InChI=1S/C23H22F3N5OS/c24-23(25,26)17-4-3-5-18(12-17)28-22-29-19(15-33-22)13-21(32)30-27-14-16-6-8-20(9-7-16)31-10-1-2-11-31/h3-9,12,14-15H,1-2,10-11,13H2,(H,28,29)(H,30,32)/b27-14-. The van der Waals surface area contributed by atoms with Crippen LogP contribution >= 0.6 is 11.3 Å². The first-order valence-corrected chi connectivity index (χ1v) is 11.3. The minimum atomic E-state index is -4.42. The van der Waals surface area contributed by atoms with Gasteiger partial charge in [0.05, 0.1) is 23.9 Å². The number of carbonyl (C=O) groups excluding carboxylic acids is 1. The normalized spacial score (nSPS) is 14.1. The summed E-state index contributed by atoms with van der Waals surface area (Å²) in [6, 6.07) is 12.9. The Morgan fingerprint density at radius 2 is 1.91 bits per heavy atom. The predicted octanol–water partition coefficient (Wildman–Crippen LogP) is 5.20. The lowest BCUT2D eigenvalue weighted by atomic mass is 10.2. The molecular weight excluding hydrogens is 451 g/mol. The summed E-state index contributed by atoms with van der Waals surface area (Å²) in [6.45, 7) is 2.16. The molecule has 172 valence electrons. The second-order valence-corrected chi connectivity index (χ2v) is 8.46. The summed E-state index contributed by atoms with van der Waals surface area (Å²) in [5.74, 6) is -0.337. The van der Waals surface area contributed by atoms with Crippen molar-refractivity contribution in [3.63, 3.8) is 0 Å². The van der Waals surface area contributed by atoms with Crippen LogP contribution in [0.3, 0.4) is 0 Å². The van der Waals surface area contributed by atoms with Crippen LogP contribution in [0.5, 0.6) is 0 Å². The number of carbonyl (C=O) groups is 1. The highest BCUT2D eigenvalue weighted by Gasteiger charge is 2.30. The number of rotatable bonds is 7. The Labute approximate surface area is 193 Å². The zero-order valence-electron chi connectivity index (χ0n) is 17.6. The number of aromatic nitrogens is 1. The van der Waals surface area contributed by atoms with Gasteiger partial charge in [-0.3, -0.25) is 4.79 Å². The zero-order chi connectivity index (χ0) is 23.3. The summed E-state index contributed by atoms with van der Waals surface area (Å²) in [5.41, 5.74) is 4.56. The third-order valence-electron chi connectivity index (χ3n) is 5.10. The minimum absolute atomic E-state index is 0.00596. The quantitative estimate of drug-likeness (QED) is 0.366. The van der Waals surface area contributed by atoms with Crippen LogP contribution in [-0.4, -0.2) is 30.2 Å². The Morgan fingerprint density at radius 1 is 1.15 bits per heavy atom. The molecule has 2 heterocycles. The number of amides is 1. The predicted molar refractivity (Wildman–Crippen MR) is 124 cm³/mol. The minimum Gasteiger partial charge on any atom is -0.372 e. The summed E-state index contributed by atoms with van der Waals surface area (Å²) in [5, 5.41) is 8.91. The van der Waals surface area contributed by atoms with E-state index >= 15 is 0 Å². The molecule has 0 unspecified atom stereocenters. The molecule has 0 saturated carbocycles. The van der Waals surface area contributed by atoms with Gasteiger partial charge in [0.1, 0.15) is 0 Å². The number of hydrogen-bond donors (Lipinski definition) is 2. The molecule has 10 heteroatoms. The number of alkyl halides is 3. The summed E-state index contributed by atoms with van der Waals surface area (Å²) >= 11 is 1.21. The summed E-state index contributed by atoms with van der Waals surface area (Å²) < 4.78 is 38.5. The Morgan fingerprint density at radius 3 is 2.64 bits per heavy atom. The Kier molecular flexibility index (Phi) is 6.93. The lowest BCUT2D eigenvalue weighted by molar-refractivity contribution is -0.137. The first-order chi connectivity index (χ1) is 15.9. The van der Waals surface area contributed by atoms with Gasteiger partial charge in [0.2, 0.25) is 5.91 Å². The van der Waals surface area contributed by atoms with Crippen molar-refractivity contribution in [2.45, 2.75) is 25.4 Å². The van der Waals surface area contributed by atoms with E-state index in [2.05, 4.69) is 25.7 Å². The maximum atomic E-state index is 12.8. The van der Waals surface area contributed by atoms with Crippen LogP contribution in [0.2, 0.25) is 0 Å². The smallest absolute Gasteiger partial charge is 0.372 e. The molecule has 1 amide bonds. The van der Waals surface area contributed by atoms with Crippen LogP contribution in [-0.2, 0) is 17.4 Å². The number of nitrogens with one attached hydrogen (secondary N) is 2. The number of halogens is 3. The average molecular weight is 474 g/mol. The van der Waals surface area contributed by atoms with Crippen molar-refractivity contribution in [1.29, 1.82) is 0 Å². The molecule has 0 aliphatic carbocycles. The highest BCUT2D eigenvalue weighted by atomic mass is 32.1. The molecule has 4 rings (SSSR count). The second kappa shape index (κ2) is 10.0. The number of hydrogen-bond acceptors (Lipinski definition) is 6. The summed E-state index contributed by atoms with van der Waals surface area (Å²) in [6.07, 6.45) is -0.395. The molecule has 0 radical (unpaired) electrons. The van der Waals surface area contributed by atoms with Crippen LogP contribution in [0, 0.1) is 0 Å². The summed E-state index contributed by atoms with van der Waals surface area (Å²) in [7, 11) is 0. The highest BCUT2D eigenvalue weighted by molar-refractivity contribution is 7.13. The fourth-order valence-electron chi connectivity index (χ4n) is 3.47. The molecule has 6 nitrogen and oxygen atoms in total. The number of nitrogens with zero attached hydrogens (tertiary/aromatic N) is 3. The molecule has 33 heavy (non-hydrogen) atoms. The van der Waals surface area contributed by atoms with Gasteiger partial charge < -0.3 is 10.2 Å². The molecule has 0 bridgehead atoms. The highest BCUT2D eigenvalue weighted by Crippen LogP contribution is 2.31. The van der Waals surface area contributed by atoms with Gasteiger partial charge in [0, 0.05) is 29.8 Å². The Hall–Kier alpha value is -3.40. The van der Waals surface area contributed by atoms with E-state index in [1.165, 1.54) is 42.0 Å². The van der Waals surface area contributed by atoms with Gasteiger partial charge in [-0.25, -0.2) is 10.4 Å². The van der Waals surface area contributed by atoms with Crippen molar-refractivity contribution in [2.24, 2.45) is 5.10 Å². The summed E-state index contributed by atoms with van der Waals surface area (Å²) in [4.78, 5) is 18.7. The molecule has 0 spiro atoms. The second-order valence-electron chi connectivity index (χ2n) is 7.60. The maximum Gasteiger partial charge on any atom is 0.416 e. The molecule has 1 aromatic heterocycles. The van der Waals surface area contributed by atoms with Crippen LogP contribution in [0.25, 0.3) is 0 Å². The molecule has 1 aliphatic heterocycles. The first kappa shape index (κ1) is 22.8. The lowest BCUT2D eigenvalue weighted by Crippen LogP contribution is -2.20. The molecule has 2 N–H and O–H groups in total. The fraction of sp³-hybridized carbons (Fsp3) is 0.261. The number of hydrazone groups is 1. The van der Waals surface area contributed by atoms with Gasteiger partial charge >= 0.3 is 6.18 Å². The van der Waals surface area contributed by atoms with E-state index in [0.29, 0.717) is 10.8 Å².